The third-order valence-electron chi connectivity index (χ3n) is 0.976. The van der Waals surface area contributed by atoms with Gasteiger partial charge in [0.1, 0.15) is 0 Å². The first-order chi connectivity index (χ1) is 4.09. The molecule has 0 aliphatic heterocycles. The van der Waals surface area contributed by atoms with E-state index in [1.807, 2.05) is 13.8 Å². The van der Waals surface area contributed by atoms with E-state index in [1.165, 1.54) is 19.1 Å². The maximum absolute atomic E-state index is 10.6. The third-order valence-corrected chi connectivity index (χ3v) is 0.976. The van der Waals surface area contributed by atoms with Crippen LogP contribution in [0.25, 0.3) is 0 Å². The number of rotatable bonds is 2. The predicted molar refractivity (Wildman–Crippen MR) is 34.7 cm³/mol. The van der Waals surface area contributed by atoms with Crippen molar-refractivity contribution in [2.45, 2.75) is 26.8 Å². The number of nitrogens with zero attached hydrogens (tertiary/aromatic N) is 1. The van der Waals surface area contributed by atoms with Gasteiger partial charge in [-0.3, -0.25) is 9.63 Å². The van der Waals surface area contributed by atoms with Crippen LogP contribution >= 0.6 is 0 Å². The normalized spacial score (nSPS) is 9.89. The summed E-state index contributed by atoms with van der Waals surface area (Å²) >= 11 is 0. The molecule has 0 aromatic heterocycles. The smallest absolute Gasteiger partial charge is 0.243 e. The first kappa shape index (κ1) is 8.43. The van der Waals surface area contributed by atoms with Crippen molar-refractivity contribution in [3.05, 3.63) is 0 Å². The molecular formula is C6H13NO2. The molecule has 0 fully saturated rings. The summed E-state index contributed by atoms with van der Waals surface area (Å²) in [4.78, 5) is 15.4. The lowest BCUT2D eigenvalue weighted by Gasteiger charge is -2.21. The molecule has 0 bridgehead atoms. The van der Waals surface area contributed by atoms with E-state index in [9.17, 15) is 4.79 Å². The monoisotopic (exact) mass is 131 g/mol. The van der Waals surface area contributed by atoms with E-state index >= 15 is 0 Å². The Labute approximate surface area is 55.6 Å². The predicted octanol–water partition coefficient (Wildman–Crippen LogP) is 0.805. The van der Waals surface area contributed by atoms with Crippen LogP contribution in [0.4, 0.5) is 0 Å². The van der Waals surface area contributed by atoms with Gasteiger partial charge < -0.3 is 0 Å². The van der Waals surface area contributed by atoms with E-state index in [2.05, 4.69) is 0 Å². The number of hydrogen-bond donors (Lipinski definition) is 0. The minimum absolute atomic E-state index is 0.0625. The molecule has 0 aliphatic rings. The van der Waals surface area contributed by atoms with Gasteiger partial charge in [0.2, 0.25) is 5.91 Å². The van der Waals surface area contributed by atoms with Crippen molar-refractivity contribution in [1.29, 1.82) is 0 Å². The van der Waals surface area contributed by atoms with E-state index in [1.54, 1.807) is 0 Å². The van der Waals surface area contributed by atoms with Crippen LogP contribution in [0.2, 0.25) is 0 Å². The molecule has 0 aromatic carbocycles. The first-order valence-corrected chi connectivity index (χ1v) is 2.93. The van der Waals surface area contributed by atoms with Crippen LogP contribution in [0, 0.1) is 0 Å². The van der Waals surface area contributed by atoms with Gasteiger partial charge >= 0.3 is 0 Å². The topological polar surface area (TPSA) is 29.5 Å². The van der Waals surface area contributed by atoms with Crippen LogP contribution in [-0.2, 0) is 9.63 Å². The molecule has 0 spiro atoms. The molecule has 3 nitrogen and oxygen atoms in total. The van der Waals surface area contributed by atoms with Crippen LogP contribution < -0.4 is 0 Å². The molecule has 0 rings (SSSR count). The summed E-state index contributed by atoms with van der Waals surface area (Å²) in [5.41, 5.74) is 0. The molecule has 0 unspecified atom stereocenters. The largest absolute Gasteiger partial charge is 0.274 e. The Kier molecular flexibility index (Phi) is 3.24. The van der Waals surface area contributed by atoms with E-state index in [-0.39, 0.29) is 11.9 Å². The van der Waals surface area contributed by atoms with Crippen molar-refractivity contribution in [3.8, 4) is 0 Å². The molecule has 1 amide bonds. The Morgan fingerprint density at radius 3 is 2.00 bits per heavy atom. The zero-order chi connectivity index (χ0) is 7.44. The van der Waals surface area contributed by atoms with Gasteiger partial charge in [0.15, 0.2) is 0 Å². The quantitative estimate of drug-likeness (QED) is 0.519. The highest BCUT2D eigenvalue weighted by Gasteiger charge is 2.10. The second kappa shape index (κ2) is 3.45. The van der Waals surface area contributed by atoms with Gasteiger partial charge in [-0.2, -0.15) is 0 Å². The summed E-state index contributed by atoms with van der Waals surface area (Å²) in [7, 11) is 1.49. The van der Waals surface area contributed by atoms with Gasteiger partial charge in [-0.25, -0.2) is 5.06 Å². The van der Waals surface area contributed by atoms with Crippen LogP contribution in [-0.4, -0.2) is 24.1 Å². The van der Waals surface area contributed by atoms with E-state index < -0.39 is 0 Å². The fraction of sp³-hybridized carbons (Fsp3) is 0.833. The Hall–Kier alpha value is -0.570. The SMILES string of the molecule is CON(C(C)=O)C(C)C. The summed E-state index contributed by atoms with van der Waals surface area (Å²) in [5, 5.41) is 1.32. The lowest BCUT2D eigenvalue weighted by atomic mass is 10.4. The average molecular weight is 131 g/mol. The van der Waals surface area contributed by atoms with Crippen LogP contribution in [0.15, 0.2) is 0 Å². The minimum Gasteiger partial charge on any atom is -0.274 e. The van der Waals surface area contributed by atoms with Crippen molar-refractivity contribution in [3.63, 3.8) is 0 Å². The number of hydrogen-bond acceptors (Lipinski definition) is 2. The van der Waals surface area contributed by atoms with Crippen molar-refractivity contribution >= 4 is 5.91 Å². The van der Waals surface area contributed by atoms with Gasteiger partial charge in [-0.1, -0.05) is 0 Å². The Balaban J connectivity index is 3.83. The molecule has 0 atom stereocenters. The number of hydroxylamine groups is 2. The lowest BCUT2D eigenvalue weighted by Crippen LogP contribution is -2.33. The van der Waals surface area contributed by atoms with Crippen molar-refractivity contribution in [2.24, 2.45) is 0 Å². The minimum atomic E-state index is -0.0625. The van der Waals surface area contributed by atoms with Gasteiger partial charge in [0.25, 0.3) is 0 Å². The van der Waals surface area contributed by atoms with Crippen molar-refractivity contribution in [1.82, 2.24) is 5.06 Å². The molecule has 0 saturated carbocycles. The fourth-order valence-corrected chi connectivity index (χ4v) is 0.703. The third kappa shape index (κ3) is 2.46. The summed E-state index contributed by atoms with van der Waals surface area (Å²) < 4.78 is 0. The molecule has 0 saturated heterocycles. The van der Waals surface area contributed by atoms with Gasteiger partial charge in [-0.15, -0.1) is 0 Å². The molecular weight excluding hydrogens is 118 g/mol. The molecule has 0 radical (unpaired) electrons. The number of amides is 1. The lowest BCUT2D eigenvalue weighted by molar-refractivity contribution is -0.182. The first-order valence-electron chi connectivity index (χ1n) is 2.93. The summed E-state index contributed by atoms with van der Waals surface area (Å²) in [6.07, 6.45) is 0. The van der Waals surface area contributed by atoms with Crippen molar-refractivity contribution < 1.29 is 9.63 Å². The Morgan fingerprint density at radius 2 is 2.00 bits per heavy atom. The molecule has 54 valence electrons. The van der Waals surface area contributed by atoms with Crippen LogP contribution in [0.3, 0.4) is 0 Å². The van der Waals surface area contributed by atoms with Gasteiger partial charge in [0, 0.05) is 6.92 Å². The molecule has 0 N–H and O–H groups in total. The van der Waals surface area contributed by atoms with Gasteiger partial charge in [-0.05, 0) is 13.8 Å². The summed E-state index contributed by atoms with van der Waals surface area (Å²) in [5.74, 6) is -0.0625. The molecule has 0 heterocycles. The maximum Gasteiger partial charge on any atom is 0.243 e. The average Bonchev–Trinajstić information content (AvgIpc) is 1.64. The second-order valence-electron chi connectivity index (χ2n) is 2.12. The zero-order valence-corrected chi connectivity index (χ0v) is 6.34. The van der Waals surface area contributed by atoms with Crippen LogP contribution in [0.5, 0.6) is 0 Å². The van der Waals surface area contributed by atoms with E-state index in [0.717, 1.165) is 0 Å². The summed E-state index contributed by atoms with van der Waals surface area (Å²) in [6.45, 7) is 5.26. The summed E-state index contributed by atoms with van der Waals surface area (Å²) in [6, 6.07) is 0.118. The second-order valence-corrected chi connectivity index (χ2v) is 2.12. The Bertz CT molecular complexity index is 101. The standard InChI is InChI=1S/C6H13NO2/c1-5(2)7(9-4)6(3)8/h5H,1-4H3. The van der Waals surface area contributed by atoms with E-state index in [4.69, 9.17) is 4.84 Å². The highest BCUT2D eigenvalue weighted by atomic mass is 16.7. The van der Waals surface area contributed by atoms with E-state index in [0.29, 0.717) is 0 Å². The molecule has 0 aromatic rings. The zero-order valence-electron chi connectivity index (χ0n) is 6.34. The number of carbonyl (C=O) groups is 1. The molecule has 0 aliphatic carbocycles. The van der Waals surface area contributed by atoms with Crippen molar-refractivity contribution in [2.75, 3.05) is 7.11 Å². The van der Waals surface area contributed by atoms with Crippen LogP contribution in [0.1, 0.15) is 20.8 Å². The highest BCUT2D eigenvalue weighted by molar-refractivity contribution is 5.72. The molecule has 9 heavy (non-hydrogen) atoms. The molecule has 3 heteroatoms. The fourth-order valence-electron chi connectivity index (χ4n) is 0.703. The maximum atomic E-state index is 10.6. The number of carbonyl (C=O) groups excluding carboxylic acids is 1. The van der Waals surface area contributed by atoms with Gasteiger partial charge in [0.05, 0.1) is 13.2 Å². The Morgan fingerprint density at radius 1 is 1.56 bits per heavy atom. The highest BCUT2D eigenvalue weighted by Crippen LogP contribution is 1.96.